The molecule has 0 aromatic carbocycles. The minimum absolute atomic E-state index is 0.205. The van der Waals surface area contributed by atoms with Crippen LogP contribution >= 0.6 is 0 Å². The van der Waals surface area contributed by atoms with Crippen molar-refractivity contribution in [2.75, 3.05) is 7.11 Å². The topological polar surface area (TPSA) is 75.2 Å². The number of rotatable bonds is 2. The van der Waals surface area contributed by atoms with E-state index < -0.39 is 5.60 Å². The lowest BCUT2D eigenvalue weighted by atomic mass is 9.79. The number of nitrogens with zero attached hydrogens (tertiary/aromatic N) is 1. The SMILES string of the molecule is COC1(c2nc(O)c(C)c(=O)[nH]2)CCC(C)CC1. The predicted molar refractivity (Wildman–Crippen MR) is 67.6 cm³/mol. The number of aromatic hydroxyl groups is 1. The van der Waals surface area contributed by atoms with Crippen molar-refractivity contribution in [3.8, 4) is 5.88 Å². The molecule has 0 amide bonds. The van der Waals surface area contributed by atoms with Crippen LogP contribution in [0.5, 0.6) is 5.88 Å². The fourth-order valence-corrected chi connectivity index (χ4v) is 2.50. The maximum Gasteiger partial charge on any atom is 0.257 e. The summed E-state index contributed by atoms with van der Waals surface area (Å²) in [5.41, 5.74) is -0.613. The van der Waals surface area contributed by atoms with Crippen LogP contribution in [0.4, 0.5) is 0 Å². The fraction of sp³-hybridized carbons (Fsp3) is 0.692. The Kier molecular flexibility index (Phi) is 3.43. The molecule has 0 bridgehead atoms. The first-order chi connectivity index (χ1) is 8.48. The molecule has 1 aromatic heterocycles. The number of ether oxygens (including phenoxy) is 1. The third-order valence-electron chi connectivity index (χ3n) is 4.03. The van der Waals surface area contributed by atoms with Gasteiger partial charge in [0.05, 0.1) is 5.56 Å². The number of nitrogens with one attached hydrogen (secondary N) is 1. The quantitative estimate of drug-likeness (QED) is 0.842. The number of aromatic nitrogens is 2. The van der Waals surface area contributed by atoms with E-state index in [1.54, 1.807) is 14.0 Å². The molecule has 2 N–H and O–H groups in total. The maximum absolute atomic E-state index is 11.7. The summed E-state index contributed by atoms with van der Waals surface area (Å²) < 4.78 is 5.62. The lowest BCUT2D eigenvalue weighted by molar-refractivity contribution is -0.0602. The smallest absolute Gasteiger partial charge is 0.257 e. The summed E-state index contributed by atoms with van der Waals surface area (Å²) >= 11 is 0. The molecule has 0 saturated heterocycles. The van der Waals surface area contributed by atoms with Crippen LogP contribution < -0.4 is 5.56 Å². The molecule has 0 unspecified atom stereocenters. The number of aromatic amines is 1. The highest BCUT2D eigenvalue weighted by atomic mass is 16.5. The molecule has 100 valence electrons. The van der Waals surface area contributed by atoms with Crippen LogP contribution in [0.2, 0.25) is 0 Å². The Bertz CT molecular complexity index is 487. The van der Waals surface area contributed by atoms with E-state index in [4.69, 9.17) is 4.74 Å². The molecule has 0 spiro atoms. The van der Waals surface area contributed by atoms with E-state index in [1.165, 1.54) is 0 Å². The summed E-state index contributed by atoms with van der Waals surface area (Å²) in [7, 11) is 1.63. The molecule has 0 radical (unpaired) electrons. The van der Waals surface area contributed by atoms with Crippen molar-refractivity contribution >= 4 is 0 Å². The second kappa shape index (κ2) is 4.72. The van der Waals surface area contributed by atoms with Crippen molar-refractivity contribution < 1.29 is 9.84 Å². The van der Waals surface area contributed by atoms with Crippen LogP contribution in [0, 0.1) is 12.8 Å². The zero-order chi connectivity index (χ0) is 13.3. The fourth-order valence-electron chi connectivity index (χ4n) is 2.50. The van der Waals surface area contributed by atoms with Gasteiger partial charge in [-0.1, -0.05) is 6.92 Å². The minimum Gasteiger partial charge on any atom is -0.493 e. The van der Waals surface area contributed by atoms with Gasteiger partial charge in [-0.05, 0) is 38.5 Å². The van der Waals surface area contributed by atoms with Gasteiger partial charge < -0.3 is 14.8 Å². The number of hydrogen-bond donors (Lipinski definition) is 2. The minimum atomic E-state index is -0.559. The molecular weight excluding hydrogens is 232 g/mol. The molecule has 5 nitrogen and oxygen atoms in total. The highest BCUT2D eigenvalue weighted by Gasteiger charge is 2.38. The van der Waals surface area contributed by atoms with E-state index in [0.717, 1.165) is 25.7 Å². The second-order valence-electron chi connectivity index (χ2n) is 5.24. The first kappa shape index (κ1) is 13.1. The lowest BCUT2D eigenvalue weighted by Gasteiger charge is -2.37. The average Bonchev–Trinajstić information content (AvgIpc) is 2.37. The normalized spacial score (nSPS) is 28.3. The zero-order valence-corrected chi connectivity index (χ0v) is 11.1. The van der Waals surface area contributed by atoms with Crippen molar-refractivity contribution in [1.29, 1.82) is 0 Å². The second-order valence-corrected chi connectivity index (χ2v) is 5.24. The molecule has 1 aromatic rings. The molecule has 1 saturated carbocycles. The Morgan fingerprint density at radius 3 is 2.56 bits per heavy atom. The Morgan fingerprint density at radius 2 is 2.06 bits per heavy atom. The van der Waals surface area contributed by atoms with Crippen LogP contribution in [-0.2, 0) is 10.3 Å². The van der Waals surface area contributed by atoms with Crippen LogP contribution in [0.25, 0.3) is 0 Å². The van der Waals surface area contributed by atoms with Gasteiger partial charge >= 0.3 is 0 Å². The van der Waals surface area contributed by atoms with E-state index in [2.05, 4.69) is 16.9 Å². The van der Waals surface area contributed by atoms with E-state index in [9.17, 15) is 9.90 Å². The van der Waals surface area contributed by atoms with Gasteiger partial charge in [-0.25, -0.2) is 0 Å². The Hall–Kier alpha value is -1.36. The van der Waals surface area contributed by atoms with E-state index in [1.807, 2.05) is 0 Å². The summed E-state index contributed by atoms with van der Waals surface area (Å²) in [6.45, 7) is 3.76. The molecule has 2 rings (SSSR count). The van der Waals surface area contributed by atoms with Crippen molar-refractivity contribution in [2.24, 2.45) is 5.92 Å². The molecule has 18 heavy (non-hydrogen) atoms. The van der Waals surface area contributed by atoms with Gasteiger partial charge in [0.25, 0.3) is 5.56 Å². The molecule has 5 heteroatoms. The summed E-state index contributed by atoms with van der Waals surface area (Å²) in [4.78, 5) is 18.6. The number of H-pyrrole nitrogens is 1. The molecule has 0 atom stereocenters. The Labute approximate surface area is 106 Å². The van der Waals surface area contributed by atoms with E-state index >= 15 is 0 Å². The molecule has 1 aliphatic carbocycles. The molecule has 0 aliphatic heterocycles. The Balaban J connectivity index is 2.42. The number of hydrogen-bond acceptors (Lipinski definition) is 4. The molecular formula is C13H20N2O3. The molecule has 1 fully saturated rings. The standard InChI is InChI=1S/C13H20N2O3/c1-8-4-6-13(18-3,7-5-8)12-14-10(16)9(2)11(17)15-12/h8H,4-7H2,1-3H3,(H2,14,15,16,17). The van der Waals surface area contributed by atoms with Gasteiger partial charge in [0.15, 0.2) is 0 Å². The van der Waals surface area contributed by atoms with E-state index in [-0.39, 0.29) is 17.0 Å². The third-order valence-corrected chi connectivity index (χ3v) is 4.03. The monoisotopic (exact) mass is 252 g/mol. The van der Waals surface area contributed by atoms with Crippen LogP contribution in [0.3, 0.4) is 0 Å². The first-order valence-electron chi connectivity index (χ1n) is 6.34. The maximum atomic E-state index is 11.7. The van der Waals surface area contributed by atoms with Crippen molar-refractivity contribution in [3.63, 3.8) is 0 Å². The summed E-state index contributed by atoms with van der Waals surface area (Å²) in [6, 6.07) is 0. The highest BCUT2D eigenvalue weighted by Crippen LogP contribution is 2.40. The zero-order valence-electron chi connectivity index (χ0n) is 11.1. The summed E-state index contributed by atoms with van der Waals surface area (Å²) in [6.07, 6.45) is 3.70. The predicted octanol–water partition coefficient (Wildman–Crippen LogP) is 1.84. The van der Waals surface area contributed by atoms with Gasteiger partial charge in [-0.15, -0.1) is 0 Å². The van der Waals surface area contributed by atoms with Gasteiger partial charge in [0.1, 0.15) is 11.4 Å². The first-order valence-corrected chi connectivity index (χ1v) is 6.34. The highest BCUT2D eigenvalue weighted by molar-refractivity contribution is 5.22. The van der Waals surface area contributed by atoms with Gasteiger partial charge in [-0.2, -0.15) is 4.98 Å². The van der Waals surface area contributed by atoms with Crippen LogP contribution in [0.15, 0.2) is 4.79 Å². The third kappa shape index (κ3) is 2.14. The number of methoxy groups -OCH3 is 1. The van der Waals surface area contributed by atoms with E-state index in [0.29, 0.717) is 11.7 Å². The molecule has 1 aliphatic rings. The summed E-state index contributed by atoms with van der Waals surface area (Å²) in [5, 5.41) is 9.69. The summed E-state index contributed by atoms with van der Waals surface area (Å²) in [5.74, 6) is 0.910. The van der Waals surface area contributed by atoms with Crippen molar-refractivity contribution in [1.82, 2.24) is 9.97 Å². The largest absolute Gasteiger partial charge is 0.493 e. The van der Waals surface area contributed by atoms with Crippen molar-refractivity contribution in [2.45, 2.75) is 45.1 Å². The average molecular weight is 252 g/mol. The van der Waals surface area contributed by atoms with Crippen LogP contribution in [-0.4, -0.2) is 22.2 Å². The van der Waals surface area contributed by atoms with Gasteiger partial charge in [0.2, 0.25) is 5.88 Å². The van der Waals surface area contributed by atoms with Gasteiger partial charge in [0, 0.05) is 7.11 Å². The lowest BCUT2D eigenvalue weighted by Crippen LogP contribution is -2.37. The Morgan fingerprint density at radius 1 is 1.44 bits per heavy atom. The van der Waals surface area contributed by atoms with Crippen LogP contribution in [0.1, 0.15) is 44.0 Å². The van der Waals surface area contributed by atoms with Crippen molar-refractivity contribution in [3.05, 3.63) is 21.7 Å². The molecule has 1 heterocycles. The van der Waals surface area contributed by atoms with Gasteiger partial charge in [-0.3, -0.25) is 4.79 Å².